The van der Waals surface area contributed by atoms with Crippen molar-refractivity contribution in [3.8, 4) is 10.6 Å². The van der Waals surface area contributed by atoms with E-state index in [9.17, 15) is 9.59 Å². The Labute approximate surface area is 159 Å². The zero-order valence-electron chi connectivity index (χ0n) is 14.4. The SMILES string of the molecule is Cc1ccc(C2(C)NC(=O)N(Cc3csc(-c4ccsc4)n3)C2=O)cc1. The van der Waals surface area contributed by atoms with Crippen molar-refractivity contribution in [3.63, 3.8) is 0 Å². The molecular weight excluding hydrogens is 366 g/mol. The van der Waals surface area contributed by atoms with Gasteiger partial charge in [-0.2, -0.15) is 11.3 Å². The third-order valence-electron chi connectivity index (χ3n) is 4.54. The van der Waals surface area contributed by atoms with Gasteiger partial charge in [0.1, 0.15) is 10.5 Å². The van der Waals surface area contributed by atoms with Crippen LogP contribution in [0.4, 0.5) is 4.79 Å². The van der Waals surface area contributed by atoms with Crippen LogP contribution in [0.1, 0.15) is 23.7 Å². The van der Waals surface area contributed by atoms with E-state index in [4.69, 9.17) is 0 Å². The van der Waals surface area contributed by atoms with Gasteiger partial charge < -0.3 is 5.32 Å². The Balaban J connectivity index is 1.57. The maximum absolute atomic E-state index is 13.0. The van der Waals surface area contributed by atoms with Crippen LogP contribution >= 0.6 is 22.7 Å². The van der Waals surface area contributed by atoms with Gasteiger partial charge in [0.05, 0.1) is 12.2 Å². The molecule has 0 bridgehead atoms. The van der Waals surface area contributed by atoms with E-state index >= 15 is 0 Å². The fraction of sp³-hybridized carbons (Fsp3) is 0.211. The second-order valence-corrected chi connectivity index (χ2v) is 8.11. The Morgan fingerprint density at radius 2 is 1.92 bits per heavy atom. The molecule has 0 radical (unpaired) electrons. The van der Waals surface area contributed by atoms with Crippen LogP contribution in [0.5, 0.6) is 0 Å². The first-order valence-electron chi connectivity index (χ1n) is 8.15. The molecule has 1 N–H and O–H groups in total. The number of thiazole rings is 1. The number of aromatic nitrogens is 1. The molecule has 0 aliphatic carbocycles. The van der Waals surface area contributed by atoms with Crippen LogP contribution in [-0.4, -0.2) is 21.8 Å². The van der Waals surface area contributed by atoms with Gasteiger partial charge in [-0.25, -0.2) is 9.78 Å². The normalized spacial score (nSPS) is 19.8. The van der Waals surface area contributed by atoms with E-state index in [1.807, 2.05) is 53.4 Å². The van der Waals surface area contributed by atoms with Crippen LogP contribution in [0.25, 0.3) is 10.6 Å². The fourth-order valence-electron chi connectivity index (χ4n) is 2.98. The molecule has 1 aliphatic heterocycles. The number of rotatable bonds is 4. The van der Waals surface area contributed by atoms with E-state index in [1.54, 1.807) is 18.3 Å². The number of aryl methyl sites for hydroxylation is 1. The Morgan fingerprint density at radius 3 is 2.62 bits per heavy atom. The molecule has 7 heteroatoms. The number of hydrogen-bond acceptors (Lipinski definition) is 5. The molecule has 132 valence electrons. The summed E-state index contributed by atoms with van der Waals surface area (Å²) in [4.78, 5) is 31.2. The van der Waals surface area contributed by atoms with Gasteiger partial charge in [0.25, 0.3) is 5.91 Å². The van der Waals surface area contributed by atoms with E-state index < -0.39 is 5.54 Å². The van der Waals surface area contributed by atoms with Gasteiger partial charge in [0.15, 0.2) is 0 Å². The third-order valence-corrected chi connectivity index (χ3v) is 6.17. The van der Waals surface area contributed by atoms with Gasteiger partial charge in [0.2, 0.25) is 0 Å². The summed E-state index contributed by atoms with van der Waals surface area (Å²) in [5, 5.41) is 9.66. The maximum Gasteiger partial charge on any atom is 0.325 e. The van der Waals surface area contributed by atoms with Crippen molar-refractivity contribution in [1.29, 1.82) is 0 Å². The highest BCUT2D eigenvalue weighted by atomic mass is 32.1. The molecule has 3 amide bonds. The molecule has 3 heterocycles. The van der Waals surface area contributed by atoms with Crippen molar-refractivity contribution < 1.29 is 9.59 Å². The molecule has 5 nitrogen and oxygen atoms in total. The van der Waals surface area contributed by atoms with Crippen LogP contribution in [0, 0.1) is 6.92 Å². The minimum Gasteiger partial charge on any atom is -0.319 e. The highest BCUT2D eigenvalue weighted by molar-refractivity contribution is 7.14. The molecule has 0 spiro atoms. The lowest BCUT2D eigenvalue weighted by atomic mass is 9.91. The minimum absolute atomic E-state index is 0.173. The van der Waals surface area contributed by atoms with Gasteiger partial charge in [-0.05, 0) is 30.9 Å². The van der Waals surface area contributed by atoms with Crippen molar-refractivity contribution >= 4 is 34.6 Å². The molecule has 26 heavy (non-hydrogen) atoms. The van der Waals surface area contributed by atoms with Gasteiger partial charge in [-0.15, -0.1) is 11.3 Å². The van der Waals surface area contributed by atoms with Crippen molar-refractivity contribution in [3.05, 3.63) is 63.3 Å². The molecule has 1 saturated heterocycles. The van der Waals surface area contributed by atoms with Crippen LogP contribution in [0.15, 0.2) is 46.5 Å². The zero-order valence-corrected chi connectivity index (χ0v) is 16.0. The van der Waals surface area contributed by atoms with E-state index in [1.165, 1.54) is 16.2 Å². The summed E-state index contributed by atoms with van der Waals surface area (Å²) in [5.74, 6) is -0.253. The number of imide groups is 1. The number of hydrogen-bond donors (Lipinski definition) is 1. The zero-order chi connectivity index (χ0) is 18.3. The number of nitrogens with one attached hydrogen (secondary N) is 1. The molecule has 0 saturated carbocycles. The Hall–Kier alpha value is -2.51. The average Bonchev–Trinajstić information content (AvgIpc) is 3.34. The van der Waals surface area contributed by atoms with Crippen LogP contribution in [0.3, 0.4) is 0 Å². The highest BCUT2D eigenvalue weighted by Gasteiger charge is 2.49. The van der Waals surface area contributed by atoms with Crippen molar-refractivity contribution in [1.82, 2.24) is 15.2 Å². The first kappa shape index (κ1) is 16.9. The standard InChI is InChI=1S/C19H17N3O2S2/c1-12-3-5-14(6-4-12)19(2)17(23)22(18(24)21-19)9-15-11-26-16(20-15)13-7-8-25-10-13/h3-8,10-11H,9H2,1-2H3,(H,21,24). The van der Waals surface area contributed by atoms with Crippen molar-refractivity contribution in [2.45, 2.75) is 25.9 Å². The molecule has 1 aromatic carbocycles. The molecule has 2 aromatic heterocycles. The Bertz CT molecular complexity index is 963. The van der Waals surface area contributed by atoms with Gasteiger partial charge >= 0.3 is 6.03 Å². The van der Waals surface area contributed by atoms with E-state index in [0.29, 0.717) is 5.69 Å². The van der Waals surface area contributed by atoms with Gasteiger partial charge in [0, 0.05) is 16.3 Å². The van der Waals surface area contributed by atoms with Crippen molar-refractivity contribution in [2.75, 3.05) is 0 Å². The second kappa shape index (κ2) is 6.34. The van der Waals surface area contributed by atoms with Crippen LogP contribution in [-0.2, 0) is 16.9 Å². The lowest BCUT2D eigenvalue weighted by Crippen LogP contribution is -2.40. The number of urea groups is 1. The summed E-state index contributed by atoms with van der Waals surface area (Å²) in [6, 6.07) is 9.27. The monoisotopic (exact) mass is 383 g/mol. The maximum atomic E-state index is 13.0. The van der Waals surface area contributed by atoms with Gasteiger partial charge in [-0.3, -0.25) is 9.69 Å². The van der Waals surface area contributed by atoms with Crippen LogP contribution < -0.4 is 5.32 Å². The first-order chi connectivity index (χ1) is 12.5. The highest BCUT2D eigenvalue weighted by Crippen LogP contribution is 2.31. The van der Waals surface area contributed by atoms with Crippen molar-refractivity contribution in [2.24, 2.45) is 0 Å². The number of thiophene rings is 1. The lowest BCUT2D eigenvalue weighted by molar-refractivity contribution is -0.131. The topological polar surface area (TPSA) is 62.3 Å². The smallest absolute Gasteiger partial charge is 0.319 e. The molecule has 1 unspecified atom stereocenters. The number of carbonyl (C=O) groups excluding carboxylic acids is 2. The quantitative estimate of drug-likeness (QED) is 0.689. The average molecular weight is 383 g/mol. The fourth-order valence-corrected chi connectivity index (χ4v) is 4.51. The molecule has 4 rings (SSSR count). The number of nitrogens with zero attached hydrogens (tertiary/aromatic N) is 2. The number of carbonyl (C=O) groups is 2. The summed E-state index contributed by atoms with van der Waals surface area (Å²) in [5.41, 5.74) is 2.62. The summed E-state index contributed by atoms with van der Waals surface area (Å²) in [6.07, 6.45) is 0. The summed E-state index contributed by atoms with van der Waals surface area (Å²) in [6.45, 7) is 3.91. The van der Waals surface area contributed by atoms with Crippen LogP contribution in [0.2, 0.25) is 0 Å². The number of benzene rings is 1. The largest absolute Gasteiger partial charge is 0.325 e. The summed E-state index contributed by atoms with van der Waals surface area (Å²) in [7, 11) is 0. The third kappa shape index (κ3) is 2.83. The molecule has 1 fully saturated rings. The molecule has 3 aromatic rings. The molecule has 1 aliphatic rings. The minimum atomic E-state index is -1.04. The second-order valence-electron chi connectivity index (χ2n) is 6.47. The summed E-state index contributed by atoms with van der Waals surface area (Å²) >= 11 is 3.13. The Morgan fingerprint density at radius 1 is 1.15 bits per heavy atom. The summed E-state index contributed by atoms with van der Waals surface area (Å²) < 4.78 is 0. The van der Waals surface area contributed by atoms with E-state index in [-0.39, 0.29) is 18.5 Å². The Kier molecular flexibility index (Phi) is 4.13. The van der Waals surface area contributed by atoms with E-state index in [0.717, 1.165) is 21.7 Å². The van der Waals surface area contributed by atoms with Gasteiger partial charge in [-0.1, -0.05) is 29.8 Å². The first-order valence-corrected chi connectivity index (χ1v) is 9.98. The molecular formula is C19H17N3O2S2. The predicted octanol–water partition coefficient (Wildman–Crippen LogP) is 4.15. The number of amides is 3. The lowest BCUT2D eigenvalue weighted by Gasteiger charge is -2.22. The molecule has 1 atom stereocenters. The predicted molar refractivity (Wildman–Crippen MR) is 103 cm³/mol. The van der Waals surface area contributed by atoms with E-state index in [2.05, 4.69) is 10.3 Å².